The van der Waals surface area contributed by atoms with Crippen LogP contribution < -0.4 is 0 Å². The van der Waals surface area contributed by atoms with Crippen molar-refractivity contribution < 1.29 is 5.11 Å². The first-order valence-corrected chi connectivity index (χ1v) is 5.18. The fraction of sp³-hybridized carbons (Fsp3) is 0.455. The summed E-state index contributed by atoms with van der Waals surface area (Å²) >= 11 is 4.21. The molecule has 1 N–H and O–H groups in total. The molecule has 0 aliphatic heterocycles. The molecule has 0 aromatic heterocycles. The van der Waals surface area contributed by atoms with Gasteiger partial charge < -0.3 is 5.11 Å². The van der Waals surface area contributed by atoms with Crippen LogP contribution in [0.3, 0.4) is 0 Å². The third-order valence-corrected chi connectivity index (χ3v) is 2.61. The van der Waals surface area contributed by atoms with Crippen molar-refractivity contribution >= 4 is 12.6 Å². The molecule has 1 rings (SSSR count). The van der Waals surface area contributed by atoms with E-state index < -0.39 is 0 Å². The third kappa shape index (κ3) is 2.66. The minimum absolute atomic E-state index is 0.377. The van der Waals surface area contributed by atoms with Gasteiger partial charge in [-0.3, -0.25) is 0 Å². The molecule has 1 aromatic rings. The maximum atomic E-state index is 9.34. The summed E-state index contributed by atoms with van der Waals surface area (Å²) in [4.78, 5) is 0. The van der Waals surface area contributed by atoms with Crippen LogP contribution in [0.1, 0.15) is 30.4 Å². The number of hydrogen-bond donors (Lipinski definition) is 2. The summed E-state index contributed by atoms with van der Waals surface area (Å²) in [6, 6.07) is 5.79. The molecule has 0 spiro atoms. The van der Waals surface area contributed by atoms with Crippen LogP contribution >= 0.6 is 12.6 Å². The van der Waals surface area contributed by atoms with Crippen molar-refractivity contribution in [1.82, 2.24) is 0 Å². The summed E-state index contributed by atoms with van der Waals surface area (Å²) in [6.07, 6.45) is 1.08. The minimum Gasteiger partial charge on any atom is -0.508 e. The molecule has 1 aromatic carbocycles. The van der Waals surface area contributed by atoms with Crippen LogP contribution in [-0.4, -0.2) is 10.9 Å². The fourth-order valence-electron chi connectivity index (χ4n) is 1.35. The molecule has 0 bridgehead atoms. The van der Waals surface area contributed by atoms with Crippen LogP contribution in [0.2, 0.25) is 0 Å². The Balaban J connectivity index is 2.84. The van der Waals surface area contributed by atoms with Gasteiger partial charge in [0.15, 0.2) is 0 Å². The molecule has 0 aliphatic carbocycles. The van der Waals surface area contributed by atoms with E-state index in [2.05, 4.69) is 19.6 Å². The van der Waals surface area contributed by atoms with Gasteiger partial charge >= 0.3 is 0 Å². The molecule has 0 radical (unpaired) electrons. The summed E-state index contributed by atoms with van der Waals surface area (Å²) in [5.41, 5.74) is 2.23. The maximum absolute atomic E-state index is 9.34. The summed E-state index contributed by atoms with van der Waals surface area (Å²) in [7, 11) is 0. The Kier molecular flexibility index (Phi) is 3.67. The Bertz CT molecular complexity index is 283. The molecule has 0 heterocycles. The molecular weight excluding hydrogens is 180 g/mol. The quantitative estimate of drug-likeness (QED) is 0.712. The smallest absolute Gasteiger partial charge is 0.118 e. The number of hydrogen-bond acceptors (Lipinski definition) is 2. The van der Waals surface area contributed by atoms with E-state index in [-0.39, 0.29) is 0 Å². The first-order chi connectivity index (χ1) is 6.15. The van der Waals surface area contributed by atoms with Crippen LogP contribution in [0, 0.1) is 6.92 Å². The second-order valence-electron chi connectivity index (χ2n) is 3.46. The van der Waals surface area contributed by atoms with E-state index in [9.17, 15) is 5.11 Å². The minimum atomic E-state index is 0.377. The molecule has 1 atom stereocenters. The molecule has 0 aliphatic rings. The topological polar surface area (TPSA) is 20.2 Å². The highest BCUT2D eigenvalue weighted by Crippen LogP contribution is 2.24. The van der Waals surface area contributed by atoms with Gasteiger partial charge in [-0.25, -0.2) is 0 Å². The highest BCUT2D eigenvalue weighted by atomic mass is 32.1. The molecule has 72 valence electrons. The SMILES string of the molecule is Cc1cc(C(C)CCS)ccc1O. The Morgan fingerprint density at radius 1 is 1.46 bits per heavy atom. The Labute approximate surface area is 85.2 Å². The number of rotatable bonds is 3. The number of phenolic OH excluding ortho intramolecular Hbond substituents is 1. The van der Waals surface area contributed by atoms with E-state index in [1.807, 2.05) is 19.1 Å². The van der Waals surface area contributed by atoms with Gasteiger partial charge in [-0.1, -0.05) is 19.1 Å². The van der Waals surface area contributed by atoms with E-state index in [4.69, 9.17) is 0 Å². The lowest BCUT2D eigenvalue weighted by Gasteiger charge is -2.11. The molecule has 0 saturated carbocycles. The van der Waals surface area contributed by atoms with E-state index in [0.717, 1.165) is 17.7 Å². The van der Waals surface area contributed by atoms with Crippen molar-refractivity contribution in [3.63, 3.8) is 0 Å². The lowest BCUT2D eigenvalue weighted by atomic mass is 9.97. The van der Waals surface area contributed by atoms with E-state index >= 15 is 0 Å². The fourth-order valence-corrected chi connectivity index (χ4v) is 1.73. The largest absolute Gasteiger partial charge is 0.508 e. The third-order valence-electron chi connectivity index (χ3n) is 2.35. The molecular formula is C11H16OS. The summed E-state index contributed by atoms with van der Waals surface area (Å²) < 4.78 is 0. The van der Waals surface area contributed by atoms with Gasteiger partial charge in [-0.05, 0) is 42.2 Å². The number of aryl methyl sites for hydroxylation is 1. The molecule has 1 nitrogen and oxygen atoms in total. The monoisotopic (exact) mass is 196 g/mol. The van der Waals surface area contributed by atoms with Crippen LogP contribution in [0.4, 0.5) is 0 Å². The van der Waals surface area contributed by atoms with E-state index in [1.165, 1.54) is 5.56 Å². The van der Waals surface area contributed by atoms with E-state index in [0.29, 0.717) is 11.7 Å². The van der Waals surface area contributed by atoms with Crippen LogP contribution in [0.15, 0.2) is 18.2 Å². The van der Waals surface area contributed by atoms with Crippen molar-refractivity contribution in [2.45, 2.75) is 26.2 Å². The number of phenols is 1. The van der Waals surface area contributed by atoms with Crippen molar-refractivity contribution in [1.29, 1.82) is 0 Å². The first kappa shape index (κ1) is 10.5. The molecule has 13 heavy (non-hydrogen) atoms. The van der Waals surface area contributed by atoms with Crippen molar-refractivity contribution in [2.24, 2.45) is 0 Å². The van der Waals surface area contributed by atoms with E-state index in [1.54, 1.807) is 6.07 Å². The normalized spacial score (nSPS) is 12.8. The van der Waals surface area contributed by atoms with Crippen molar-refractivity contribution in [3.05, 3.63) is 29.3 Å². The highest BCUT2D eigenvalue weighted by molar-refractivity contribution is 7.80. The lowest BCUT2D eigenvalue weighted by molar-refractivity contribution is 0.470. The maximum Gasteiger partial charge on any atom is 0.118 e. The van der Waals surface area contributed by atoms with Crippen LogP contribution in [0.5, 0.6) is 5.75 Å². The second kappa shape index (κ2) is 4.56. The molecule has 1 unspecified atom stereocenters. The molecule has 0 fully saturated rings. The average Bonchev–Trinajstić information content (AvgIpc) is 2.10. The Morgan fingerprint density at radius 2 is 2.15 bits per heavy atom. The summed E-state index contributed by atoms with van der Waals surface area (Å²) in [5.74, 6) is 1.81. The zero-order chi connectivity index (χ0) is 9.84. The number of thiol groups is 1. The number of aromatic hydroxyl groups is 1. The summed E-state index contributed by atoms with van der Waals surface area (Å²) in [5, 5.41) is 9.34. The standard InChI is InChI=1S/C11H16OS/c1-8(5-6-13)10-3-4-11(12)9(2)7-10/h3-4,7-8,12-13H,5-6H2,1-2H3. The van der Waals surface area contributed by atoms with Crippen molar-refractivity contribution in [3.8, 4) is 5.75 Å². The second-order valence-corrected chi connectivity index (χ2v) is 3.91. The number of benzene rings is 1. The van der Waals surface area contributed by atoms with Gasteiger partial charge in [0.2, 0.25) is 0 Å². The van der Waals surface area contributed by atoms with Gasteiger partial charge in [0, 0.05) is 0 Å². The van der Waals surface area contributed by atoms with Gasteiger partial charge in [-0.2, -0.15) is 12.6 Å². The highest BCUT2D eigenvalue weighted by Gasteiger charge is 2.05. The van der Waals surface area contributed by atoms with Gasteiger partial charge in [-0.15, -0.1) is 0 Å². The van der Waals surface area contributed by atoms with Gasteiger partial charge in [0.05, 0.1) is 0 Å². The molecule has 0 amide bonds. The van der Waals surface area contributed by atoms with Crippen LogP contribution in [-0.2, 0) is 0 Å². The zero-order valence-corrected chi connectivity index (χ0v) is 9.01. The average molecular weight is 196 g/mol. The van der Waals surface area contributed by atoms with Crippen molar-refractivity contribution in [2.75, 3.05) is 5.75 Å². The van der Waals surface area contributed by atoms with Gasteiger partial charge in [0.1, 0.15) is 5.75 Å². The van der Waals surface area contributed by atoms with Crippen LogP contribution in [0.25, 0.3) is 0 Å². The lowest BCUT2D eigenvalue weighted by Crippen LogP contribution is -1.94. The Morgan fingerprint density at radius 3 is 2.69 bits per heavy atom. The van der Waals surface area contributed by atoms with Gasteiger partial charge in [0.25, 0.3) is 0 Å². The summed E-state index contributed by atoms with van der Waals surface area (Å²) in [6.45, 7) is 4.11. The molecule has 2 heteroatoms. The predicted molar refractivity (Wildman–Crippen MR) is 59.7 cm³/mol. The predicted octanol–water partition coefficient (Wildman–Crippen LogP) is 3.12. The zero-order valence-electron chi connectivity index (χ0n) is 8.12. The molecule has 0 saturated heterocycles. The first-order valence-electron chi connectivity index (χ1n) is 4.55. The Hall–Kier alpha value is -0.630.